The van der Waals surface area contributed by atoms with E-state index >= 15 is 0 Å². The second-order valence-electron chi connectivity index (χ2n) is 19.3. The molecule has 1 heterocycles. The zero-order chi connectivity index (χ0) is 49.0. The Labute approximate surface area is 431 Å². The molecule has 4 nitrogen and oxygen atoms in total. The maximum absolute atomic E-state index is 5.15. The van der Waals surface area contributed by atoms with Crippen LogP contribution < -0.4 is 4.90 Å². The molecule has 14 rings (SSSR count). The molecular weight excluding hydrogens is 897 g/mol. The lowest BCUT2D eigenvalue weighted by Gasteiger charge is -2.36. The smallest absolute Gasteiger partial charge is 0.164 e. The number of anilines is 3. The van der Waals surface area contributed by atoms with Crippen LogP contribution in [0.15, 0.2) is 273 Å². The van der Waals surface area contributed by atoms with Gasteiger partial charge in [-0.1, -0.05) is 231 Å². The van der Waals surface area contributed by atoms with Gasteiger partial charge in [0.2, 0.25) is 0 Å². The molecule has 0 spiro atoms. The summed E-state index contributed by atoms with van der Waals surface area (Å²) in [5.41, 5.74) is 15.7. The summed E-state index contributed by atoms with van der Waals surface area (Å²) in [6, 6.07) is 89.9. The van der Waals surface area contributed by atoms with E-state index in [4.69, 9.17) is 15.0 Å². The molecule has 0 radical (unpaired) electrons. The second kappa shape index (κ2) is 18.0. The number of rotatable bonds is 9. The third-order valence-electron chi connectivity index (χ3n) is 15.2. The van der Waals surface area contributed by atoms with Crippen LogP contribution in [0.2, 0.25) is 0 Å². The van der Waals surface area contributed by atoms with E-state index in [0.717, 1.165) is 57.4 Å². The van der Waals surface area contributed by atoms with Crippen LogP contribution in [-0.4, -0.2) is 15.0 Å². The highest BCUT2D eigenvalue weighted by Crippen LogP contribution is 2.60. The molecule has 348 valence electrons. The first-order valence-corrected chi connectivity index (χ1v) is 25.6. The van der Waals surface area contributed by atoms with Crippen molar-refractivity contribution in [2.75, 3.05) is 4.90 Å². The summed E-state index contributed by atoms with van der Waals surface area (Å²) >= 11 is 0. The van der Waals surface area contributed by atoms with E-state index in [0.29, 0.717) is 17.5 Å². The minimum Gasteiger partial charge on any atom is -0.310 e. The Morgan fingerprint density at radius 3 is 1.53 bits per heavy atom. The molecule has 2 aliphatic carbocycles. The largest absolute Gasteiger partial charge is 0.310 e. The van der Waals surface area contributed by atoms with Crippen molar-refractivity contribution in [3.8, 4) is 56.4 Å². The zero-order valence-corrected chi connectivity index (χ0v) is 40.6. The number of nitrogens with zero attached hydrogens (tertiary/aromatic N) is 4. The molecule has 0 saturated heterocycles. The summed E-state index contributed by atoms with van der Waals surface area (Å²) in [4.78, 5) is 17.8. The Bertz CT molecular complexity index is 4110. The summed E-state index contributed by atoms with van der Waals surface area (Å²) in [6.45, 7) is 0. The second-order valence-corrected chi connectivity index (χ2v) is 19.3. The van der Waals surface area contributed by atoms with Crippen molar-refractivity contribution < 1.29 is 0 Å². The topological polar surface area (TPSA) is 41.9 Å². The SMILES string of the molecule is C1=CC(C2(c3ccccc3)c3ccccc3-c3c(N(c4ccc(-c5ccccc5)cc4)c4ccc5c6ccccc6c6cc(-c7nc(-c8ccccc8)nc(-c8ccccc8)n7)ccc6c5c4)cccc32)=CCC1. The van der Waals surface area contributed by atoms with Gasteiger partial charge in [0.15, 0.2) is 17.5 Å². The van der Waals surface area contributed by atoms with Crippen molar-refractivity contribution in [1.29, 1.82) is 0 Å². The molecule has 12 aromatic rings. The van der Waals surface area contributed by atoms with Crippen molar-refractivity contribution in [3.05, 3.63) is 289 Å². The summed E-state index contributed by atoms with van der Waals surface area (Å²) in [5.74, 6) is 1.91. The Morgan fingerprint density at radius 1 is 0.351 bits per heavy atom. The maximum atomic E-state index is 5.15. The summed E-state index contributed by atoms with van der Waals surface area (Å²) < 4.78 is 0. The standard InChI is InChI=1S/C70H48N4/c1-6-21-47(22-7-1)48-37-40-54(41-38-48)74(65-36-20-35-64-66(65)60-33-18-19-34-63(60)70(64,52-27-12-4-13-28-52)53-29-14-5-15-30-53)55-42-44-58-56-31-16-17-32-57(56)61-45-51(39-43-59(61)62(58)46-55)69-72-67(49-23-8-2-9-24-49)71-68(73-69)50-25-10-3-11-26-50/h1-4,6-14,16-46H,5,15H2. The van der Waals surface area contributed by atoms with E-state index in [1.54, 1.807) is 0 Å². The molecule has 0 bridgehead atoms. The Balaban J connectivity index is 1.00. The van der Waals surface area contributed by atoms with E-state index in [9.17, 15) is 0 Å². The normalized spacial score (nSPS) is 14.7. The van der Waals surface area contributed by atoms with E-state index in [-0.39, 0.29) is 0 Å². The van der Waals surface area contributed by atoms with Crippen LogP contribution >= 0.6 is 0 Å². The fourth-order valence-electron chi connectivity index (χ4n) is 11.9. The van der Waals surface area contributed by atoms with Crippen LogP contribution in [0.1, 0.15) is 29.5 Å². The lowest BCUT2D eigenvalue weighted by atomic mass is 9.66. The first-order chi connectivity index (χ1) is 36.7. The molecule has 0 N–H and O–H groups in total. The van der Waals surface area contributed by atoms with E-state index in [1.807, 2.05) is 36.4 Å². The fourth-order valence-corrected chi connectivity index (χ4v) is 11.9. The molecule has 0 aliphatic heterocycles. The monoisotopic (exact) mass is 944 g/mol. The molecule has 1 atom stereocenters. The van der Waals surface area contributed by atoms with Gasteiger partial charge in [-0.15, -0.1) is 0 Å². The lowest BCUT2D eigenvalue weighted by molar-refractivity contribution is 0.751. The van der Waals surface area contributed by atoms with E-state index < -0.39 is 5.41 Å². The summed E-state index contributed by atoms with van der Waals surface area (Å²) in [5, 5.41) is 7.04. The highest BCUT2D eigenvalue weighted by atomic mass is 15.1. The van der Waals surface area contributed by atoms with Crippen LogP contribution in [0.25, 0.3) is 88.7 Å². The number of fused-ring (bicyclic) bond motifs is 9. The minimum atomic E-state index is -0.499. The highest BCUT2D eigenvalue weighted by Gasteiger charge is 2.48. The van der Waals surface area contributed by atoms with Gasteiger partial charge in [0, 0.05) is 33.6 Å². The minimum absolute atomic E-state index is 0.499. The van der Waals surface area contributed by atoms with Crippen LogP contribution in [0.4, 0.5) is 17.1 Å². The number of aromatic nitrogens is 3. The van der Waals surface area contributed by atoms with Crippen LogP contribution in [0, 0.1) is 0 Å². The molecule has 1 unspecified atom stereocenters. The number of hydrogen-bond acceptors (Lipinski definition) is 4. The van der Waals surface area contributed by atoms with Crippen molar-refractivity contribution in [3.63, 3.8) is 0 Å². The van der Waals surface area contributed by atoms with Crippen molar-refractivity contribution in [1.82, 2.24) is 15.0 Å². The average molecular weight is 945 g/mol. The van der Waals surface area contributed by atoms with E-state index in [2.05, 4.69) is 235 Å². The van der Waals surface area contributed by atoms with Crippen molar-refractivity contribution in [2.45, 2.75) is 18.3 Å². The first-order valence-electron chi connectivity index (χ1n) is 25.6. The van der Waals surface area contributed by atoms with Gasteiger partial charge in [0.25, 0.3) is 0 Å². The van der Waals surface area contributed by atoms with Crippen molar-refractivity contribution in [2.24, 2.45) is 0 Å². The quantitative estimate of drug-likeness (QED) is 0.135. The molecular formula is C70H48N4. The van der Waals surface area contributed by atoms with Crippen LogP contribution in [-0.2, 0) is 5.41 Å². The predicted octanol–water partition coefficient (Wildman–Crippen LogP) is 18.1. The fraction of sp³-hybridized carbons (Fsp3) is 0.0429. The first kappa shape index (κ1) is 43.3. The third kappa shape index (κ3) is 7.09. The maximum Gasteiger partial charge on any atom is 0.164 e. The molecule has 0 amide bonds. The number of benzene rings is 11. The molecule has 11 aromatic carbocycles. The molecule has 0 fully saturated rings. The Morgan fingerprint density at radius 2 is 0.851 bits per heavy atom. The third-order valence-corrected chi connectivity index (χ3v) is 15.2. The highest BCUT2D eigenvalue weighted by molar-refractivity contribution is 6.26. The van der Waals surface area contributed by atoms with Gasteiger partial charge in [-0.05, 0) is 121 Å². The Kier molecular flexibility index (Phi) is 10.5. The lowest BCUT2D eigenvalue weighted by Crippen LogP contribution is -2.29. The van der Waals surface area contributed by atoms with Gasteiger partial charge >= 0.3 is 0 Å². The molecule has 0 saturated carbocycles. The number of hydrogen-bond donors (Lipinski definition) is 0. The molecule has 2 aliphatic rings. The van der Waals surface area contributed by atoms with E-state index in [1.165, 1.54) is 66.1 Å². The van der Waals surface area contributed by atoms with Gasteiger partial charge in [0.05, 0.1) is 11.1 Å². The van der Waals surface area contributed by atoms with Gasteiger partial charge in [-0.3, -0.25) is 0 Å². The predicted molar refractivity (Wildman–Crippen MR) is 307 cm³/mol. The molecule has 74 heavy (non-hydrogen) atoms. The average Bonchev–Trinajstić information content (AvgIpc) is 3.80. The van der Waals surface area contributed by atoms with Crippen molar-refractivity contribution >= 4 is 49.4 Å². The van der Waals surface area contributed by atoms with Gasteiger partial charge in [-0.25, -0.2) is 15.0 Å². The van der Waals surface area contributed by atoms with Gasteiger partial charge in [-0.2, -0.15) is 0 Å². The van der Waals surface area contributed by atoms with Gasteiger partial charge < -0.3 is 4.90 Å². The molecule has 1 aromatic heterocycles. The number of allylic oxidation sites excluding steroid dienone is 4. The van der Waals surface area contributed by atoms with Crippen LogP contribution in [0.3, 0.4) is 0 Å². The zero-order valence-electron chi connectivity index (χ0n) is 40.6. The summed E-state index contributed by atoms with van der Waals surface area (Å²) in [7, 11) is 0. The molecule has 4 heteroatoms. The Hall–Kier alpha value is -9.51. The summed E-state index contributed by atoms with van der Waals surface area (Å²) in [6.07, 6.45) is 9.26. The van der Waals surface area contributed by atoms with Gasteiger partial charge in [0.1, 0.15) is 0 Å². The van der Waals surface area contributed by atoms with Crippen LogP contribution in [0.5, 0.6) is 0 Å².